The molecular formula is C15H25NO4. The van der Waals surface area contributed by atoms with Crippen LogP contribution >= 0.6 is 0 Å². The van der Waals surface area contributed by atoms with Gasteiger partial charge in [-0.3, -0.25) is 0 Å². The molecule has 0 spiro atoms. The van der Waals surface area contributed by atoms with E-state index in [1.165, 1.54) is 14.2 Å². The summed E-state index contributed by atoms with van der Waals surface area (Å²) in [6.45, 7) is 6.09. The third-order valence-electron chi connectivity index (χ3n) is 3.48. The Morgan fingerprint density at radius 2 is 1.60 bits per heavy atom. The van der Waals surface area contributed by atoms with Crippen LogP contribution in [-0.2, 0) is 0 Å². The quantitative estimate of drug-likeness (QED) is 0.771. The Kier molecular flexibility index (Phi) is 5.25. The minimum absolute atomic E-state index is 0.0777. The average Bonchev–Trinajstić information content (AvgIpc) is 2.37. The van der Waals surface area contributed by atoms with Gasteiger partial charge in [0.1, 0.15) is 0 Å². The number of aliphatic hydroxyl groups is 1. The normalized spacial score (nSPS) is 14.8. The number of nitrogens with two attached hydrogens (primary N) is 1. The van der Waals surface area contributed by atoms with Crippen molar-refractivity contribution in [1.82, 2.24) is 0 Å². The standard InChI is InChI=1S/C15H25NO4/c1-15(2,3)13(16)8-10(17)9-6-11(19-4)14(18)12(7-9)20-5/h6-7,10,13,17-18H,8,16H2,1-5H3/t10-,13+/m1/s1. The SMILES string of the molecule is COc1cc([C@H](O)C[C@H](N)C(C)(C)C)cc(OC)c1O. The summed E-state index contributed by atoms with van der Waals surface area (Å²) in [5.41, 5.74) is 6.60. The van der Waals surface area contributed by atoms with Gasteiger partial charge in [0.2, 0.25) is 5.75 Å². The summed E-state index contributed by atoms with van der Waals surface area (Å²) in [4.78, 5) is 0. The average molecular weight is 283 g/mol. The number of aromatic hydroxyl groups is 1. The van der Waals surface area contributed by atoms with Gasteiger partial charge in [-0.25, -0.2) is 0 Å². The predicted molar refractivity (Wildman–Crippen MR) is 78.2 cm³/mol. The summed E-state index contributed by atoms with van der Waals surface area (Å²) in [6.07, 6.45) is -0.326. The summed E-state index contributed by atoms with van der Waals surface area (Å²) in [5.74, 6) is 0.455. The van der Waals surface area contributed by atoms with Gasteiger partial charge in [0.15, 0.2) is 11.5 Å². The molecule has 0 radical (unpaired) electrons. The molecule has 5 nitrogen and oxygen atoms in total. The fraction of sp³-hybridized carbons (Fsp3) is 0.600. The van der Waals surface area contributed by atoms with Gasteiger partial charge in [-0.2, -0.15) is 0 Å². The van der Waals surface area contributed by atoms with E-state index in [1.807, 2.05) is 20.8 Å². The first-order valence-electron chi connectivity index (χ1n) is 6.59. The van der Waals surface area contributed by atoms with Gasteiger partial charge in [-0.1, -0.05) is 20.8 Å². The van der Waals surface area contributed by atoms with E-state index in [-0.39, 0.29) is 28.7 Å². The number of phenols is 1. The van der Waals surface area contributed by atoms with Gasteiger partial charge < -0.3 is 25.4 Å². The summed E-state index contributed by atoms with van der Waals surface area (Å²) < 4.78 is 10.2. The number of rotatable bonds is 5. The maximum atomic E-state index is 10.3. The van der Waals surface area contributed by atoms with Crippen molar-refractivity contribution in [2.24, 2.45) is 11.1 Å². The molecule has 0 bridgehead atoms. The molecule has 114 valence electrons. The molecule has 2 atom stereocenters. The smallest absolute Gasteiger partial charge is 0.200 e. The monoisotopic (exact) mass is 283 g/mol. The number of aliphatic hydroxyl groups excluding tert-OH is 1. The van der Waals surface area contributed by atoms with Gasteiger partial charge in [0.25, 0.3) is 0 Å². The van der Waals surface area contributed by atoms with Crippen LogP contribution in [0.4, 0.5) is 0 Å². The molecule has 0 amide bonds. The summed E-state index contributed by atoms with van der Waals surface area (Å²) in [7, 11) is 2.90. The van der Waals surface area contributed by atoms with E-state index in [2.05, 4.69) is 0 Å². The molecule has 0 unspecified atom stereocenters. The molecule has 0 aromatic heterocycles. The second-order valence-electron chi connectivity index (χ2n) is 6.00. The summed E-state index contributed by atoms with van der Waals surface area (Å²) in [5, 5.41) is 20.2. The van der Waals surface area contributed by atoms with E-state index in [9.17, 15) is 10.2 Å². The van der Waals surface area contributed by atoms with Crippen molar-refractivity contribution in [3.05, 3.63) is 17.7 Å². The first-order chi connectivity index (χ1) is 9.20. The van der Waals surface area contributed by atoms with Gasteiger partial charge in [0, 0.05) is 6.04 Å². The Labute approximate surface area is 120 Å². The number of phenolic OH excluding ortho intramolecular Hbond substituents is 1. The largest absolute Gasteiger partial charge is 0.502 e. The second kappa shape index (κ2) is 6.33. The minimum atomic E-state index is -0.743. The lowest BCUT2D eigenvalue weighted by molar-refractivity contribution is 0.132. The van der Waals surface area contributed by atoms with Gasteiger partial charge in [0.05, 0.1) is 20.3 Å². The topological polar surface area (TPSA) is 84.9 Å². The van der Waals surface area contributed by atoms with Gasteiger partial charge in [-0.05, 0) is 29.5 Å². The van der Waals surface area contributed by atoms with Crippen molar-refractivity contribution in [3.63, 3.8) is 0 Å². The molecule has 0 saturated carbocycles. The van der Waals surface area contributed by atoms with E-state index < -0.39 is 6.10 Å². The van der Waals surface area contributed by atoms with E-state index in [0.29, 0.717) is 12.0 Å². The highest BCUT2D eigenvalue weighted by molar-refractivity contribution is 5.53. The van der Waals surface area contributed by atoms with Crippen LogP contribution in [0.2, 0.25) is 0 Å². The highest BCUT2D eigenvalue weighted by atomic mass is 16.5. The molecule has 0 fully saturated rings. The van der Waals surface area contributed by atoms with Crippen molar-refractivity contribution >= 4 is 0 Å². The van der Waals surface area contributed by atoms with Crippen molar-refractivity contribution < 1.29 is 19.7 Å². The third kappa shape index (κ3) is 3.77. The number of hydrogen-bond donors (Lipinski definition) is 3. The molecule has 0 aliphatic carbocycles. The molecule has 20 heavy (non-hydrogen) atoms. The number of methoxy groups -OCH3 is 2. The first-order valence-corrected chi connectivity index (χ1v) is 6.59. The number of hydrogen-bond acceptors (Lipinski definition) is 5. The summed E-state index contributed by atoms with van der Waals surface area (Å²) in [6, 6.07) is 3.04. The lowest BCUT2D eigenvalue weighted by Gasteiger charge is -2.29. The van der Waals surface area contributed by atoms with E-state index in [1.54, 1.807) is 12.1 Å². The Bertz CT molecular complexity index is 429. The van der Waals surface area contributed by atoms with Crippen LogP contribution in [0.1, 0.15) is 38.9 Å². The van der Waals surface area contributed by atoms with E-state index >= 15 is 0 Å². The maximum Gasteiger partial charge on any atom is 0.200 e. The third-order valence-corrected chi connectivity index (χ3v) is 3.48. The van der Waals surface area contributed by atoms with Crippen LogP contribution in [0, 0.1) is 5.41 Å². The Morgan fingerprint density at radius 1 is 1.15 bits per heavy atom. The minimum Gasteiger partial charge on any atom is -0.502 e. The van der Waals surface area contributed by atoms with Gasteiger partial charge >= 0.3 is 0 Å². The Morgan fingerprint density at radius 3 is 1.95 bits per heavy atom. The predicted octanol–water partition coefficient (Wildman–Crippen LogP) is 2.21. The van der Waals surface area contributed by atoms with Crippen molar-refractivity contribution in [1.29, 1.82) is 0 Å². The first kappa shape index (κ1) is 16.6. The van der Waals surface area contributed by atoms with Crippen LogP contribution in [0.15, 0.2) is 12.1 Å². The molecule has 0 aliphatic heterocycles. The molecule has 1 aromatic carbocycles. The van der Waals surface area contributed by atoms with E-state index in [4.69, 9.17) is 15.2 Å². The van der Waals surface area contributed by atoms with E-state index in [0.717, 1.165) is 0 Å². The molecule has 0 aliphatic rings. The molecule has 1 rings (SSSR count). The van der Waals surface area contributed by atoms with Crippen molar-refractivity contribution in [2.75, 3.05) is 14.2 Å². The van der Waals surface area contributed by atoms with Gasteiger partial charge in [-0.15, -0.1) is 0 Å². The highest BCUT2D eigenvalue weighted by Crippen LogP contribution is 2.39. The van der Waals surface area contributed by atoms with Crippen LogP contribution in [0.3, 0.4) is 0 Å². The number of ether oxygens (including phenoxy) is 2. The molecule has 0 saturated heterocycles. The Hall–Kier alpha value is -1.46. The molecule has 5 heteroatoms. The molecular weight excluding hydrogens is 258 g/mol. The number of benzene rings is 1. The fourth-order valence-corrected chi connectivity index (χ4v) is 1.84. The lowest BCUT2D eigenvalue weighted by Crippen LogP contribution is -2.36. The molecule has 0 heterocycles. The van der Waals surface area contributed by atoms with Crippen LogP contribution in [0.5, 0.6) is 17.2 Å². The zero-order valence-electron chi connectivity index (χ0n) is 12.8. The van der Waals surface area contributed by atoms with Crippen molar-refractivity contribution in [2.45, 2.75) is 39.3 Å². The zero-order valence-corrected chi connectivity index (χ0v) is 12.8. The van der Waals surface area contributed by atoms with Crippen molar-refractivity contribution in [3.8, 4) is 17.2 Å². The second-order valence-corrected chi connectivity index (χ2v) is 6.00. The lowest BCUT2D eigenvalue weighted by atomic mass is 9.83. The zero-order chi connectivity index (χ0) is 15.5. The maximum absolute atomic E-state index is 10.3. The van der Waals surface area contributed by atoms with Crippen LogP contribution < -0.4 is 15.2 Å². The molecule has 1 aromatic rings. The molecule has 4 N–H and O–H groups in total. The van der Waals surface area contributed by atoms with Crippen LogP contribution in [0.25, 0.3) is 0 Å². The fourth-order valence-electron chi connectivity index (χ4n) is 1.84. The van der Waals surface area contributed by atoms with Crippen LogP contribution in [-0.4, -0.2) is 30.5 Å². The Balaban J connectivity index is 3.01. The highest BCUT2D eigenvalue weighted by Gasteiger charge is 2.25. The summed E-state index contributed by atoms with van der Waals surface area (Å²) >= 11 is 0.